The van der Waals surface area contributed by atoms with Crippen LogP contribution in [0.15, 0.2) is 176 Å². The topological polar surface area (TPSA) is 30.1 Å². The highest BCUT2D eigenvalue weighted by molar-refractivity contribution is 5.87. The minimum Gasteiger partial charge on any atom is -0.238 e. The standard InChI is InChI=1S/C50H35N3/c1-50(2)45-26-23-39(30-44(45)43-25-24-42(51-3)31-46(43)50)37-19-10-18-36(27-37)38-20-12-22-41(29-38)48-32-47(52-49(53-48)34-15-8-5-9-16-34)40-21-11-17-35(28-40)33-13-6-4-7-14-33/h4-32H,1-2H3. The molecule has 0 aliphatic heterocycles. The van der Waals surface area contributed by atoms with Crippen LogP contribution in [-0.2, 0) is 5.41 Å². The minimum absolute atomic E-state index is 0.155. The van der Waals surface area contributed by atoms with Crippen LogP contribution in [0.1, 0.15) is 25.0 Å². The molecule has 0 bridgehead atoms. The highest BCUT2D eigenvalue weighted by Crippen LogP contribution is 2.50. The van der Waals surface area contributed by atoms with Gasteiger partial charge < -0.3 is 0 Å². The van der Waals surface area contributed by atoms with Gasteiger partial charge in [-0.2, -0.15) is 0 Å². The highest BCUT2D eigenvalue weighted by Gasteiger charge is 2.35. The second kappa shape index (κ2) is 13.0. The van der Waals surface area contributed by atoms with Crippen LogP contribution in [0.2, 0.25) is 0 Å². The van der Waals surface area contributed by atoms with E-state index in [1.54, 1.807) is 0 Å². The van der Waals surface area contributed by atoms with Gasteiger partial charge in [0.2, 0.25) is 0 Å². The Morgan fingerprint density at radius 1 is 0.396 bits per heavy atom. The SMILES string of the molecule is [C-]#[N+]c1ccc2c(c1)C(C)(C)c1ccc(-c3cccc(-c4cccc(-c5cc(-c6cccc(-c7ccccc7)c6)nc(-c6ccccc6)n5)c4)c3)cc1-2. The van der Waals surface area contributed by atoms with E-state index in [2.05, 4.69) is 164 Å². The monoisotopic (exact) mass is 677 g/mol. The molecule has 1 aliphatic rings. The second-order valence-corrected chi connectivity index (χ2v) is 14.2. The van der Waals surface area contributed by atoms with Crippen molar-refractivity contribution >= 4 is 5.69 Å². The maximum atomic E-state index is 7.54. The summed E-state index contributed by atoms with van der Waals surface area (Å²) >= 11 is 0. The Kier molecular flexibility index (Phi) is 7.87. The molecule has 0 unspecified atom stereocenters. The zero-order valence-electron chi connectivity index (χ0n) is 29.6. The van der Waals surface area contributed by atoms with Crippen molar-refractivity contribution in [2.24, 2.45) is 0 Å². The summed E-state index contributed by atoms with van der Waals surface area (Å²) in [5, 5.41) is 0. The first-order chi connectivity index (χ1) is 25.9. The van der Waals surface area contributed by atoms with Crippen LogP contribution in [0.4, 0.5) is 5.69 Å². The Hall–Kier alpha value is -6.89. The largest absolute Gasteiger partial charge is 0.238 e. The predicted octanol–water partition coefficient (Wildman–Crippen LogP) is 13.3. The molecule has 1 heterocycles. The Labute approximate surface area is 310 Å². The number of benzene rings is 7. The zero-order chi connectivity index (χ0) is 35.9. The van der Waals surface area contributed by atoms with Gasteiger partial charge in [-0.1, -0.05) is 159 Å². The maximum Gasteiger partial charge on any atom is 0.187 e. The first kappa shape index (κ1) is 32.0. The molecule has 0 spiro atoms. The quantitative estimate of drug-likeness (QED) is 0.164. The van der Waals surface area contributed by atoms with Crippen molar-refractivity contribution in [1.29, 1.82) is 0 Å². The minimum atomic E-state index is -0.155. The molecule has 1 aliphatic carbocycles. The fraction of sp³-hybridized carbons (Fsp3) is 0.0600. The van der Waals surface area contributed by atoms with E-state index in [9.17, 15) is 0 Å². The van der Waals surface area contributed by atoms with E-state index in [4.69, 9.17) is 16.5 Å². The number of rotatable bonds is 6. The fourth-order valence-corrected chi connectivity index (χ4v) is 7.67. The van der Waals surface area contributed by atoms with Crippen molar-refractivity contribution in [3.63, 3.8) is 0 Å². The van der Waals surface area contributed by atoms with Crippen LogP contribution < -0.4 is 0 Å². The molecule has 0 N–H and O–H groups in total. The van der Waals surface area contributed by atoms with Crippen LogP contribution in [0.25, 0.3) is 83.3 Å². The van der Waals surface area contributed by atoms with Crippen molar-refractivity contribution < 1.29 is 0 Å². The summed E-state index contributed by atoms with van der Waals surface area (Å²) in [7, 11) is 0. The second-order valence-electron chi connectivity index (χ2n) is 14.2. The van der Waals surface area contributed by atoms with Crippen molar-refractivity contribution in [3.05, 3.63) is 198 Å². The molecule has 0 amide bonds. The van der Waals surface area contributed by atoms with Gasteiger partial charge in [-0.15, -0.1) is 0 Å². The Morgan fingerprint density at radius 3 is 1.47 bits per heavy atom. The molecule has 250 valence electrons. The van der Waals surface area contributed by atoms with Crippen molar-refractivity contribution in [3.8, 4) is 78.4 Å². The molecule has 1 aromatic heterocycles. The number of nitrogens with zero attached hydrogens (tertiary/aromatic N) is 3. The van der Waals surface area contributed by atoms with E-state index in [0.29, 0.717) is 11.5 Å². The van der Waals surface area contributed by atoms with E-state index in [1.807, 2.05) is 30.3 Å². The third-order valence-corrected chi connectivity index (χ3v) is 10.5. The number of aromatic nitrogens is 2. The molecule has 8 aromatic rings. The summed E-state index contributed by atoms with van der Waals surface area (Å²) in [5.41, 5.74) is 17.2. The van der Waals surface area contributed by atoms with E-state index in [1.165, 1.54) is 33.4 Å². The number of fused-ring (bicyclic) bond motifs is 3. The molecule has 0 fully saturated rings. The Balaban J connectivity index is 1.10. The molecule has 0 radical (unpaired) electrons. The summed E-state index contributed by atoms with van der Waals surface area (Å²) in [4.78, 5) is 13.9. The lowest BCUT2D eigenvalue weighted by atomic mass is 9.82. The van der Waals surface area contributed by atoms with Crippen LogP contribution >= 0.6 is 0 Å². The van der Waals surface area contributed by atoms with E-state index >= 15 is 0 Å². The normalized spacial score (nSPS) is 12.5. The number of hydrogen-bond donors (Lipinski definition) is 0. The van der Waals surface area contributed by atoms with Gasteiger partial charge in [0.1, 0.15) is 0 Å². The zero-order valence-corrected chi connectivity index (χ0v) is 29.6. The van der Waals surface area contributed by atoms with Crippen LogP contribution in [0.5, 0.6) is 0 Å². The van der Waals surface area contributed by atoms with E-state index in [-0.39, 0.29) is 5.41 Å². The third-order valence-electron chi connectivity index (χ3n) is 10.5. The lowest BCUT2D eigenvalue weighted by Crippen LogP contribution is -2.14. The van der Waals surface area contributed by atoms with Gasteiger partial charge in [0, 0.05) is 22.1 Å². The molecule has 0 saturated heterocycles. The molecule has 3 nitrogen and oxygen atoms in total. The van der Waals surface area contributed by atoms with Gasteiger partial charge in [-0.05, 0) is 86.0 Å². The average molecular weight is 678 g/mol. The summed E-state index contributed by atoms with van der Waals surface area (Å²) < 4.78 is 0. The molecular weight excluding hydrogens is 643 g/mol. The third kappa shape index (κ3) is 5.91. The summed E-state index contributed by atoms with van der Waals surface area (Å²) in [6.07, 6.45) is 0. The first-order valence-electron chi connectivity index (χ1n) is 17.9. The van der Waals surface area contributed by atoms with Crippen molar-refractivity contribution in [1.82, 2.24) is 9.97 Å². The van der Waals surface area contributed by atoms with Crippen LogP contribution in [-0.4, -0.2) is 9.97 Å². The highest BCUT2D eigenvalue weighted by atomic mass is 14.9. The fourth-order valence-electron chi connectivity index (χ4n) is 7.67. The Morgan fingerprint density at radius 2 is 0.887 bits per heavy atom. The molecule has 7 aromatic carbocycles. The number of hydrogen-bond acceptors (Lipinski definition) is 2. The average Bonchev–Trinajstić information content (AvgIpc) is 3.46. The van der Waals surface area contributed by atoms with E-state index < -0.39 is 0 Å². The molecular formula is C50H35N3. The van der Waals surface area contributed by atoms with Gasteiger partial charge in [0.25, 0.3) is 0 Å². The molecule has 9 rings (SSSR count). The van der Waals surface area contributed by atoms with Gasteiger partial charge in [0.15, 0.2) is 11.5 Å². The van der Waals surface area contributed by atoms with Crippen molar-refractivity contribution in [2.75, 3.05) is 0 Å². The van der Waals surface area contributed by atoms with Gasteiger partial charge in [-0.3, -0.25) is 0 Å². The maximum absolute atomic E-state index is 7.54. The molecule has 0 saturated carbocycles. The smallest absolute Gasteiger partial charge is 0.187 e. The lowest BCUT2D eigenvalue weighted by molar-refractivity contribution is 0.661. The van der Waals surface area contributed by atoms with Crippen molar-refractivity contribution in [2.45, 2.75) is 19.3 Å². The molecule has 53 heavy (non-hydrogen) atoms. The first-order valence-corrected chi connectivity index (χ1v) is 17.9. The van der Waals surface area contributed by atoms with Gasteiger partial charge in [0.05, 0.1) is 18.0 Å². The van der Waals surface area contributed by atoms with Crippen LogP contribution in [0.3, 0.4) is 0 Å². The lowest BCUT2D eigenvalue weighted by Gasteiger charge is -2.21. The summed E-state index contributed by atoms with van der Waals surface area (Å²) in [6, 6.07) is 61.7. The van der Waals surface area contributed by atoms with Crippen LogP contribution in [0, 0.1) is 6.57 Å². The molecule has 0 atom stereocenters. The summed E-state index contributed by atoms with van der Waals surface area (Å²) in [6.45, 7) is 12.0. The van der Waals surface area contributed by atoms with Gasteiger partial charge >= 0.3 is 0 Å². The Bertz CT molecular complexity index is 2700. The van der Waals surface area contributed by atoms with Gasteiger partial charge in [-0.25, -0.2) is 14.8 Å². The predicted molar refractivity (Wildman–Crippen MR) is 218 cm³/mol. The molecule has 3 heteroatoms. The van der Waals surface area contributed by atoms with E-state index in [0.717, 1.165) is 50.3 Å². The summed E-state index contributed by atoms with van der Waals surface area (Å²) in [5.74, 6) is 0.697.